The molecule has 2 aromatic carbocycles. The van der Waals surface area contributed by atoms with Gasteiger partial charge in [-0.2, -0.15) is 0 Å². The molecule has 0 bridgehead atoms. The lowest BCUT2D eigenvalue weighted by atomic mass is 9.82. The van der Waals surface area contributed by atoms with Crippen LogP contribution in [0.15, 0.2) is 42.5 Å². The molecule has 4 rings (SSSR count). The highest BCUT2D eigenvalue weighted by atomic mass is 19.1. The van der Waals surface area contributed by atoms with Gasteiger partial charge in [-0.15, -0.1) is 0 Å². The number of unbranched alkanes of at least 4 members (excludes halogenated alkanes) is 1. The lowest BCUT2D eigenvalue weighted by Crippen LogP contribution is -2.31. The van der Waals surface area contributed by atoms with E-state index in [9.17, 15) is 13.6 Å². The topological polar surface area (TPSA) is 29.1 Å². The average Bonchev–Trinajstić information content (AvgIpc) is 3.25. The summed E-state index contributed by atoms with van der Waals surface area (Å²) >= 11 is 0. The van der Waals surface area contributed by atoms with Gasteiger partial charge in [0.25, 0.3) is 0 Å². The number of carbonyl (C=O) groups excluding carboxylic acids is 1. The number of carbonyl (C=O) groups is 1. The maximum absolute atomic E-state index is 14.2. The molecule has 2 aromatic rings. The Hall–Kier alpha value is -2.23. The van der Waals surface area contributed by atoms with E-state index < -0.39 is 23.3 Å². The summed E-state index contributed by atoms with van der Waals surface area (Å²) in [4.78, 5) is 12.7. The summed E-state index contributed by atoms with van der Waals surface area (Å²) in [6.07, 6.45) is 3.63. The third kappa shape index (κ3) is 2.16. The fourth-order valence-electron chi connectivity index (χ4n) is 4.35. The lowest BCUT2D eigenvalue weighted by Gasteiger charge is -2.19. The van der Waals surface area contributed by atoms with Crippen LogP contribution in [0.5, 0.6) is 0 Å². The Bertz CT molecular complexity index is 832. The van der Waals surface area contributed by atoms with Gasteiger partial charge in [0.1, 0.15) is 12.5 Å². The Kier molecular flexibility index (Phi) is 3.67. The van der Waals surface area contributed by atoms with Crippen LogP contribution >= 0.6 is 0 Å². The second-order valence-corrected chi connectivity index (χ2v) is 7.24. The fraction of sp³-hybridized carbons (Fsp3) is 0.381. The number of hydrogen-bond donors (Lipinski definition) is 1. The molecule has 1 aliphatic heterocycles. The third-order valence-corrected chi connectivity index (χ3v) is 5.89. The van der Waals surface area contributed by atoms with Gasteiger partial charge < -0.3 is 5.32 Å². The summed E-state index contributed by atoms with van der Waals surface area (Å²) in [6, 6.07) is 12.2. The maximum atomic E-state index is 14.2. The molecule has 4 heteroatoms. The summed E-state index contributed by atoms with van der Waals surface area (Å²) in [7, 11) is 0. The number of fused-ring (bicyclic) bond motifs is 2. The largest absolute Gasteiger partial charge is 0.325 e. The minimum absolute atomic E-state index is 0.221. The van der Waals surface area contributed by atoms with E-state index in [1.165, 1.54) is 17.7 Å². The van der Waals surface area contributed by atoms with Crippen LogP contribution in [0, 0.1) is 5.82 Å². The second kappa shape index (κ2) is 5.65. The molecule has 2 nitrogen and oxygen atoms in total. The maximum Gasteiger partial charge on any atom is 0.236 e. The molecule has 0 unspecified atom stereocenters. The van der Waals surface area contributed by atoms with E-state index >= 15 is 0 Å². The second-order valence-electron chi connectivity index (χ2n) is 7.24. The Balaban J connectivity index is 1.73. The number of benzene rings is 2. The molecule has 0 radical (unpaired) electrons. The number of halogens is 2. The van der Waals surface area contributed by atoms with Gasteiger partial charge in [-0.25, -0.2) is 4.39 Å². The highest BCUT2D eigenvalue weighted by molar-refractivity contribution is 6.10. The van der Waals surface area contributed by atoms with Crippen molar-refractivity contribution < 1.29 is 13.6 Å². The molecule has 2 aliphatic rings. The van der Waals surface area contributed by atoms with Gasteiger partial charge in [0, 0.05) is 11.1 Å². The van der Waals surface area contributed by atoms with E-state index in [-0.39, 0.29) is 5.91 Å². The minimum atomic E-state index is -0.982. The first-order chi connectivity index (χ1) is 12.1. The van der Waals surface area contributed by atoms with Gasteiger partial charge in [0.05, 0.1) is 5.41 Å². The Labute approximate surface area is 146 Å². The summed E-state index contributed by atoms with van der Waals surface area (Å²) in [5, 5.41) is 2.80. The molecule has 25 heavy (non-hydrogen) atoms. The van der Waals surface area contributed by atoms with Gasteiger partial charge >= 0.3 is 0 Å². The van der Waals surface area contributed by atoms with Crippen LogP contribution in [0.2, 0.25) is 0 Å². The highest BCUT2D eigenvalue weighted by Crippen LogP contribution is 2.69. The van der Waals surface area contributed by atoms with Gasteiger partial charge in [-0.05, 0) is 54.2 Å². The monoisotopic (exact) mass is 341 g/mol. The van der Waals surface area contributed by atoms with Crippen molar-refractivity contribution >= 4 is 11.6 Å². The van der Waals surface area contributed by atoms with Crippen molar-refractivity contribution in [1.82, 2.24) is 0 Å². The number of nitrogens with one attached hydrogen (secondary N) is 1. The standard InChI is InChI=1S/C21H21F2NO/c1-2-3-4-14-5-7-15(8-6-14)20(13-22)12-21(20)17-11-16(23)9-10-18(17)24-19(21)25/h5-11H,2-4,12-13H2,1H3,(H,24,25)/t20-,21-/m0/s1. The van der Waals surface area contributed by atoms with E-state index in [4.69, 9.17) is 0 Å². The van der Waals surface area contributed by atoms with Crippen LogP contribution in [0.3, 0.4) is 0 Å². The van der Waals surface area contributed by atoms with Crippen molar-refractivity contribution in [2.45, 2.75) is 43.4 Å². The molecule has 0 saturated heterocycles. The molecule has 1 amide bonds. The van der Waals surface area contributed by atoms with E-state index in [2.05, 4.69) is 12.2 Å². The number of alkyl halides is 1. The van der Waals surface area contributed by atoms with E-state index in [0.29, 0.717) is 17.7 Å². The predicted octanol–water partition coefficient (Wildman–Crippen LogP) is 4.67. The molecule has 0 aromatic heterocycles. The molecule has 2 atom stereocenters. The molecule has 1 N–H and O–H groups in total. The number of amides is 1. The van der Waals surface area contributed by atoms with Crippen molar-refractivity contribution in [2.75, 3.05) is 12.0 Å². The van der Waals surface area contributed by atoms with Crippen LogP contribution in [0.1, 0.15) is 42.9 Å². The summed E-state index contributed by atoms with van der Waals surface area (Å²) < 4.78 is 28.0. The Morgan fingerprint density at radius 3 is 2.60 bits per heavy atom. The smallest absolute Gasteiger partial charge is 0.236 e. The number of aryl methyl sites for hydroxylation is 1. The summed E-state index contributed by atoms with van der Waals surface area (Å²) in [5.74, 6) is -0.620. The van der Waals surface area contributed by atoms with Crippen molar-refractivity contribution in [1.29, 1.82) is 0 Å². The summed E-state index contributed by atoms with van der Waals surface area (Å²) in [6.45, 7) is 1.51. The van der Waals surface area contributed by atoms with E-state index in [1.54, 1.807) is 6.07 Å². The normalized spacial score (nSPS) is 26.6. The van der Waals surface area contributed by atoms with Gasteiger partial charge in [-0.3, -0.25) is 9.18 Å². The molecule has 1 fully saturated rings. The van der Waals surface area contributed by atoms with Crippen molar-refractivity contribution in [3.63, 3.8) is 0 Å². The minimum Gasteiger partial charge on any atom is -0.325 e. The average molecular weight is 341 g/mol. The quantitative estimate of drug-likeness (QED) is 0.841. The van der Waals surface area contributed by atoms with Crippen molar-refractivity contribution in [2.24, 2.45) is 0 Å². The van der Waals surface area contributed by atoms with E-state index in [1.807, 2.05) is 24.3 Å². The molecule has 1 heterocycles. The zero-order chi connectivity index (χ0) is 17.7. The Morgan fingerprint density at radius 2 is 1.92 bits per heavy atom. The van der Waals surface area contributed by atoms with Gasteiger partial charge in [-0.1, -0.05) is 37.6 Å². The van der Waals surface area contributed by atoms with Crippen molar-refractivity contribution in [3.8, 4) is 0 Å². The molecular formula is C21H21F2NO. The number of rotatable bonds is 5. The molecular weight excluding hydrogens is 320 g/mol. The first-order valence-electron chi connectivity index (χ1n) is 8.84. The molecule has 1 saturated carbocycles. The first kappa shape index (κ1) is 16.2. The highest BCUT2D eigenvalue weighted by Gasteiger charge is 2.76. The fourth-order valence-corrected chi connectivity index (χ4v) is 4.35. The van der Waals surface area contributed by atoms with Crippen LogP contribution in [-0.2, 0) is 22.0 Å². The van der Waals surface area contributed by atoms with Crippen LogP contribution < -0.4 is 5.32 Å². The van der Waals surface area contributed by atoms with E-state index in [0.717, 1.165) is 24.8 Å². The first-order valence-corrected chi connectivity index (χ1v) is 8.84. The predicted molar refractivity (Wildman–Crippen MR) is 94.0 cm³/mol. The van der Waals surface area contributed by atoms with Crippen LogP contribution in [0.25, 0.3) is 0 Å². The third-order valence-electron chi connectivity index (χ3n) is 5.89. The van der Waals surface area contributed by atoms with Gasteiger partial charge in [0.15, 0.2) is 0 Å². The Morgan fingerprint density at radius 1 is 1.16 bits per heavy atom. The van der Waals surface area contributed by atoms with Crippen LogP contribution in [-0.4, -0.2) is 12.6 Å². The lowest BCUT2D eigenvalue weighted by molar-refractivity contribution is -0.118. The zero-order valence-corrected chi connectivity index (χ0v) is 14.2. The molecule has 1 spiro atoms. The van der Waals surface area contributed by atoms with Gasteiger partial charge in [0.2, 0.25) is 5.91 Å². The molecule has 130 valence electrons. The summed E-state index contributed by atoms with van der Waals surface area (Å²) in [5.41, 5.74) is 1.36. The SMILES string of the molecule is CCCCc1ccc([C@@]2(CF)C[C@]23C(=O)Nc2ccc(F)cc23)cc1. The molecule has 1 aliphatic carbocycles. The zero-order valence-electron chi connectivity index (χ0n) is 14.2. The number of anilines is 1. The number of hydrogen-bond acceptors (Lipinski definition) is 1. The van der Waals surface area contributed by atoms with Crippen LogP contribution in [0.4, 0.5) is 14.5 Å². The van der Waals surface area contributed by atoms with Crippen molar-refractivity contribution in [3.05, 3.63) is 65.0 Å².